The summed E-state index contributed by atoms with van der Waals surface area (Å²) in [6.07, 6.45) is 0. The molecule has 1 saturated heterocycles. The highest BCUT2D eigenvalue weighted by Gasteiger charge is 2.44. The van der Waals surface area contributed by atoms with Crippen molar-refractivity contribution in [2.75, 3.05) is 13.1 Å². The zero-order valence-electron chi connectivity index (χ0n) is 11.7. The fourth-order valence-corrected chi connectivity index (χ4v) is 2.75. The maximum Gasteiger partial charge on any atom is 0.266 e. The van der Waals surface area contributed by atoms with E-state index in [1.165, 1.54) is 16.2 Å². The molecular formula is C14H15N3O3S. The van der Waals surface area contributed by atoms with Gasteiger partial charge in [0.1, 0.15) is 17.0 Å². The molecule has 2 heterocycles. The third kappa shape index (κ3) is 2.82. The molecule has 1 aliphatic heterocycles. The molecule has 3 amide bonds. The number of carbonyl (C=O) groups excluding carboxylic acids is 3. The number of piperazine rings is 1. The molecule has 0 radical (unpaired) electrons. The maximum absolute atomic E-state index is 12.7. The van der Waals surface area contributed by atoms with E-state index in [1.54, 1.807) is 25.3 Å². The Hall–Kier alpha value is -2.17. The number of amides is 3. The van der Waals surface area contributed by atoms with Crippen LogP contribution in [0.3, 0.4) is 0 Å². The molecule has 110 valence electrons. The van der Waals surface area contributed by atoms with E-state index in [2.05, 4.69) is 17.2 Å². The van der Waals surface area contributed by atoms with Gasteiger partial charge < -0.3 is 10.6 Å². The lowest BCUT2D eigenvalue weighted by Crippen LogP contribution is -2.65. The van der Waals surface area contributed by atoms with Crippen LogP contribution in [-0.4, -0.2) is 41.2 Å². The van der Waals surface area contributed by atoms with Crippen molar-refractivity contribution in [3.63, 3.8) is 0 Å². The molecule has 0 aromatic carbocycles. The van der Waals surface area contributed by atoms with Crippen LogP contribution in [-0.2, 0) is 9.59 Å². The first-order valence-electron chi connectivity index (χ1n) is 6.30. The normalized spacial score (nSPS) is 17.0. The fourth-order valence-electron chi connectivity index (χ4n) is 1.95. The molecule has 0 spiro atoms. The first-order chi connectivity index (χ1) is 9.87. The van der Waals surface area contributed by atoms with E-state index in [0.717, 1.165) is 0 Å². The molecule has 21 heavy (non-hydrogen) atoms. The van der Waals surface area contributed by atoms with Crippen molar-refractivity contribution >= 4 is 29.1 Å². The largest absolute Gasteiger partial charge is 0.320 e. The minimum Gasteiger partial charge on any atom is -0.320 e. The van der Waals surface area contributed by atoms with Crippen LogP contribution in [0.1, 0.15) is 29.1 Å². The summed E-state index contributed by atoms with van der Waals surface area (Å²) in [7, 11) is 0. The van der Waals surface area contributed by atoms with Crippen LogP contribution < -0.4 is 11.1 Å². The number of nitrogens with two attached hydrogens (primary N) is 1. The summed E-state index contributed by atoms with van der Waals surface area (Å²) in [5.74, 6) is 4.17. The highest BCUT2D eigenvalue weighted by Crippen LogP contribution is 2.25. The fraction of sp³-hybridized carbons (Fsp3) is 0.357. The highest BCUT2D eigenvalue weighted by atomic mass is 32.1. The number of imide groups is 1. The summed E-state index contributed by atoms with van der Waals surface area (Å²) in [4.78, 5) is 37.8. The number of rotatable bonds is 1. The predicted molar refractivity (Wildman–Crippen MR) is 78.5 cm³/mol. The van der Waals surface area contributed by atoms with Crippen molar-refractivity contribution in [2.45, 2.75) is 19.4 Å². The quantitative estimate of drug-likeness (QED) is 0.561. The zero-order chi connectivity index (χ0) is 15.6. The summed E-state index contributed by atoms with van der Waals surface area (Å²) < 4.78 is 0. The topological polar surface area (TPSA) is 92.5 Å². The molecule has 7 heteroatoms. The van der Waals surface area contributed by atoms with Gasteiger partial charge in [-0.15, -0.1) is 11.3 Å². The summed E-state index contributed by atoms with van der Waals surface area (Å²) >= 11 is 1.23. The minimum absolute atomic E-state index is 0.154. The van der Waals surface area contributed by atoms with Crippen molar-refractivity contribution in [3.05, 3.63) is 21.9 Å². The lowest BCUT2D eigenvalue weighted by atomic mass is 9.98. The van der Waals surface area contributed by atoms with Gasteiger partial charge in [-0.3, -0.25) is 19.7 Å². The van der Waals surface area contributed by atoms with Crippen molar-refractivity contribution in [2.24, 2.45) is 5.73 Å². The summed E-state index contributed by atoms with van der Waals surface area (Å²) in [5.41, 5.74) is 4.80. The number of nitrogens with one attached hydrogen (secondary N) is 1. The van der Waals surface area contributed by atoms with Gasteiger partial charge in [-0.05, 0) is 25.3 Å². The number of hydrogen-bond acceptors (Lipinski definition) is 5. The van der Waals surface area contributed by atoms with Crippen LogP contribution in [0.2, 0.25) is 0 Å². The minimum atomic E-state index is -1.09. The molecule has 0 aliphatic carbocycles. The molecule has 0 bridgehead atoms. The summed E-state index contributed by atoms with van der Waals surface area (Å²) in [6.45, 7) is 3.25. The lowest BCUT2D eigenvalue weighted by Gasteiger charge is -2.39. The van der Waals surface area contributed by atoms with Crippen LogP contribution in [0.25, 0.3) is 0 Å². The number of nitrogens with zero attached hydrogens (tertiary/aromatic N) is 1. The smallest absolute Gasteiger partial charge is 0.266 e. The SMILES string of the molecule is CC1(C)C(=O)NC(=O)CN1C(=O)c1sccc1C#CCN. The molecule has 2 rings (SSSR count). The monoisotopic (exact) mass is 305 g/mol. The third-order valence-electron chi connectivity index (χ3n) is 3.21. The van der Waals surface area contributed by atoms with Gasteiger partial charge in [-0.1, -0.05) is 11.8 Å². The van der Waals surface area contributed by atoms with Crippen molar-refractivity contribution in [1.82, 2.24) is 10.2 Å². The Morgan fingerprint density at radius 1 is 1.52 bits per heavy atom. The third-order valence-corrected chi connectivity index (χ3v) is 4.12. The number of carbonyl (C=O) groups is 3. The summed E-state index contributed by atoms with van der Waals surface area (Å²) in [6, 6.07) is 1.72. The van der Waals surface area contributed by atoms with Crippen molar-refractivity contribution in [3.8, 4) is 11.8 Å². The molecule has 1 aliphatic rings. The average Bonchev–Trinajstić information content (AvgIpc) is 2.88. The second-order valence-corrected chi connectivity index (χ2v) is 5.91. The van der Waals surface area contributed by atoms with Crippen LogP contribution in [0.4, 0.5) is 0 Å². The van der Waals surface area contributed by atoms with Crippen molar-refractivity contribution < 1.29 is 14.4 Å². The molecule has 1 aromatic heterocycles. The highest BCUT2D eigenvalue weighted by molar-refractivity contribution is 7.12. The molecule has 0 atom stereocenters. The Labute approximate surface area is 126 Å². The molecule has 6 nitrogen and oxygen atoms in total. The zero-order valence-corrected chi connectivity index (χ0v) is 12.5. The first kappa shape index (κ1) is 15.2. The Kier molecular flexibility index (Phi) is 4.11. The predicted octanol–water partition coefficient (Wildman–Crippen LogP) is -0.0645. The van der Waals surface area contributed by atoms with Gasteiger partial charge in [-0.25, -0.2) is 0 Å². The summed E-state index contributed by atoms with van der Waals surface area (Å²) in [5, 5.41) is 3.98. The van der Waals surface area contributed by atoms with Gasteiger partial charge in [0.25, 0.3) is 11.8 Å². The van der Waals surface area contributed by atoms with E-state index in [-0.39, 0.29) is 19.0 Å². The Morgan fingerprint density at radius 3 is 2.90 bits per heavy atom. The van der Waals surface area contributed by atoms with Crippen molar-refractivity contribution in [1.29, 1.82) is 0 Å². The average molecular weight is 305 g/mol. The molecular weight excluding hydrogens is 290 g/mol. The van der Waals surface area contributed by atoms with Gasteiger partial charge in [0.2, 0.25) is 5.91 Å². The van der Waals surface area contributed by atoms with Crippen LogP contribution in [0, 0.1) is 11.8 Å². The molecule has 0 saturated carbocycles. The van der Waals surface area contributed by atoms with E-state index in [4.69, 9.17) is 5.73 Å². The van der Waals surface area contributed by atoms with E-state index < -0.39 is 17.4 Å². The van der Waals surface area contributed by atoms with Gasteiger partial charge in [0.15, 0.2) is 0 Å². The molecule has 0 unspecified atom stereocenters. The molecule has 1 fully saturated rings. The standard InChI is InChI=1S/C14H15N3O3S/c1-14(2)13(20)16-10(18)8-17(14)12(19)11-9(4-3-6-15)5-7-21-11/h5,7H,6,8,15H2,1-2H3,(H,16,18,20). The van der Waals surface area contributed by atoms with E-state index in [9.17, 15) is 14.4 Å². The van der Waals surface area contributed by atoms with E-state index >= 15 is 0 Å². The molecule has 3 N–H and O–H groups in total. The maximum atomic E-state index is 12.7. The second-order valence-electron chi connectivity index (χ2n) is 5.00. The van der Waals surface area contributed by atoms with Gasteiger partial charge in [0, 0.05) is 5.56 Å². The van der Waals surface area contributed by atoms with E-state index in [1.807, 2.05) is 0 Å². The first-order valence-corrected chi connectivity index (χ1v) is 7.18. The van der Waals surface area contributed by atoms with Crippen LogP contribution >= 0.6 is 11.3 Å². The Balaban J connectivity index is 2.37. The second kappa shape index (κ2) is 5.68. The van der Waals surface area contributed by atoms with Crippen LogP contribution in [0.15, 0.2) is 11.4 Å². The van der Waals surface area contributed by atoms with Gasteiger partial charge >= 0.3 is 0 Å². The van der Waals surface area contributed by atoms with Gasteiger partial charge in [-0.2, -0.15) is 0 Å². The lowest BCUT2D eigenvalue weighted by molar-refractivity contribution is -0.143. The van der Waals surface area contributed by atoms with E-state index in [0.29, 0.717) is 10.4 Å². The molecule has 1 aromatic rings. The number of hydrogen-bond donors (Lipinski definition) is 2. The van der Waals surface area contributed by atoms with Crippen LogP contribution in [0.5, 0.6) is 0 Å². The number of thiophene rings is 1. The van der Waals surface area contributed by atoms with Gasteiger partial charge in [0.05, 0.1) is 6.54 Å². The Morgan fingerprint density at radius 2 is 2.24 bits per heavy atom. The Bertz CT molecular complexity index is 666.